The highest BCUT2D eigenvalue weighted by Crippen LogP contribution is 2.26. The largest absolute Gasteiger partial charge is 0.497 e. The van der Waals surface area contributed by atoms with Crippen LogP contribution in [-0.4, -0.2) is 49.3 Å². The van der Waals surface area contributed by atoms with E-state index in [9.17, 15) is 9.59 Å². The Morgan fingerprint density at radius 3 is 2.47 bits per heavy atom. The van der Waals surface area contributed by atoms with Gasteiger partial charge in [-0.25, -0.2) is 0 Å². The highest BCUT2D eigenvalue weighted by molar-refractivity contribution is 6.04. The minimum absolute atomic E-state index is 0.168. The van der Waals surface area contributed by atoms with Crippen LogP contribution >= 0.6 is 0 Å². The number of piperidine rings is 1. The van der Waals surface area contributed by atoms with Gasteiger partial charge in [-0.2, -0.15) is 0 Å². The van der Waals surface area contributed by atoms with E-state index in [0.29, 0.717) is 17.6 Å². The number of aldehydes is 1. The van der Waals surface area contributed by atoms with Gasteiger partial charge in [0.15, 0.2) is 12.0 Å². The van der Waals surface area contributed by atoms with Crippen molar-refractivity contribution >= 4 is 18.1 Å². The maximum Gasteiger partial charge on any atom is 0.258 e. The predicted molar refractivity (Wildman–Crippen MR) is 123 cm³/mol. The average molecular weight is 436 g/mol. The minimum Gasteiger partial charge on any atom is -0.497 e. The van der Waals surface area contributed by atoms with Crippen LogP contribution in [0.15, 0.2) is 59.3 Å². The highest BCUT2D eigenvalue weighted by Gasteiger charge is 2.17. The third-order valence-electron chi connectivity index (χ3n) is 5.55. The maximum absolute atomic E-state index is 12.0. The zero-order valence-electron chi connectivity index (χ0n) is 18.7. The van der Waals surface area contributed by atoms with Crippen LogP contribution in [0.25, 0.3) is 0 Å². The van der Waals surface area contributed by atoms with Crippen LogP contribution in [0.5, 0.6) is 5.75 Å². The lowest BCUT2D eigenvalue weighted by molar-refractivity contribution is 0.102. The Kier molecular flexibility index (Phi) is 8.16. The first-order chi connectivity index (χ1) is 15.5. The smallest absolute Gasteiger partial charge is 0.258 e. The molecule has 0 bridgehead atoms. The lowest BCUT2D eigenvalue weighted by atomic mass is 9.90. The molecule has 0 atom stereocenters. The number of carbonyl (C=O) groups is 2. The molecule has 1 aromatic carbocycles. The van der Waals surface area contributed by atoms with Crippen molar-refractivity contribution in [2.45, 2.75) is 25.7 Å². The Labute approximate surface area is 188 Å². The summed E-state index contributed by atoms with van der Waals surface area (Å²) in [6.45, 7) is 4.27. The van der Waals surface area contributed by atoms with E-state index in [2.05, 4.69) is 34.4 Å². The Morgan fingerprint density at radius 2 is 1.88 bits per heavy atom. The monoisotopic (exact) mass is 435 g/mol. The van der Waals surface area contributed by atoms with E-state index in [4.69, 9.17) is 9.15 Å². The molecule has 1 aliphatic rings. The molecule has 0 spiro atoms. The summed E-state index contributed by atoms with van der Waals surface area (Å²) in [5, 5.41) is 2.59. The lowest BCUT2D eigenvalue weighted by Crippen LogP contribution is -2.29. The number of anilines is 1. The summed E-state index contributed by atoms with van der Waals surface area (Å²) in [6.07, 6.45) is 6.95. The summed E-state index contributed by atoms with van der Waals surface area (Å²) in [5.74, 6) is 1.56. The second-order valence-electron chi connectivity index (χ2n) is 7.81. The lowest BCUT2D eigenvalue weighted by Gasteiger charge is -2.28. The van der Waals surface area contributed by atoms with Gasteiger partial charge < -0.3 is 14.1 Å². The molecule has 1 amide bonds. The quantitative estimate of drug-likeness (QED) is 0.592. The Morgan fingerprint density at radius 1 is 1.16 bits per heavy atom. The van der Waals surface area contributed by atoms with Crippen molar-refractivity contribution in [2.24, 2.45) is 0 Å². The summed E-state index contributed by atoms with van der Waals surface area (Å²) in [5.41, 5.74) is 2.77. The van der Waals surface area contributed by atoms with Gasteiger partial charge in [0, 0.05) is 24.0 Å². The number of methoxy groups -OCH3 is 1. The number of ether oxygens (including phenoxy) is 1. The zero-order chi connectivity index (χ0) is 22.9. The summed E-state index contributed by atoms with van der Waals surface area (Å²) in [4.78, 5) is 29.0. The fourth-order valence-corrected chi connectivity index (χ4v) is 3.66. The van der Waals surface area contributed by atoms with E-state index >= 15 is 0 Å². The number of aromatic nitrogens is 1. The Hall–Kier alpha value is -3.45. The number of furan rings is 1. The summed E-state index contributed by atoms with van der Waals surface area (Å²) in [7, 11) is 3.76. The third-order valence-corrected chi connectivity index (χ3v) is 5.55. The molecule has 1 fully saturated rings. The number of hydrogen-bond donors (Lipinski definition) is 1. The van der Waals surface area contributed by atoms with Crippen molar-refractivity contribution < 1.29 is 18.7 Å². The molecule has 3 heterocycles. The summed E-state index contributed by atoms with van der Waals surface area (Å²) >= 11 is 0. The van der Waals surface area contributed by atoms with Crippen LogP contribution in [0.1, 0.15) is 50.8 Å². The molecule has 0 radical (unpaired) electrons. The third kappa shape index (κ3) is 6.28. The molecular formula is C25H29N3O4. The van der Waals surface area contributed by atoms with Gasteiger partial charge in [0.05, 0.1) is 7.11 Å². The van der Waals surface area contributed by atoms with Crippen molar-refractivity contribution in [1.29, 1.82) is 0 Å². The number of hydrogen-bond acceptors (Lipinski definition) is 6. The van der Waals surface area contributed by atoms with Gasteiger partial charge in [0.1, 0.15) is 5.75 Å². The topological polar surface area (TPSA) is 84.7 Å². The molecule has 1 N–H and O–H groups in total. The molecule has 7 nitrogen and oxygen atoms in total. The fourth-order valence-electron chi connectivity index (χ4n) is 3.66. The molecule has 3 aromatic rings. The molecule has 0 saturated carbocycles. The molecule has 4 rings (SSSR count). The van der Waals surface area contributed by atoms with Crippen molar-refractivity contribution in [3.8, 4) is 5.75 Å². The van der Waals surface area contributed by atoms with E-state index in [1.54, 1.807) is 25.3 Å². The molecule has 0 aliphatic carbocycles. The number of benzene rings is 1. The average Bonchev–Trinajstić information content (AvgIpc) is 3.28. The van der Waals surface area contributed by atoms with E-state index in [-0.39, 0.29) is 17.6 Å². The molecule has 168 valence electrons. The molecule has 0 unspecified atom stereocenters. The van der Waals surface area contributed by atoms with E-state index in [0.717, 1.165) is 11.5 Å². The molecular weight excluding hydrogens is 406 g/mol. The minimum atomic E-state index is -0.299. The van der Waals surface area contributed by atoms with Crippen LogP contribution < -0.4 is 10.1 Å². The van der Waals surface area contributed by atoms with Gasteiger partial charge in [0.2, 0.25) is 5.88 Å². The molecule has 1 saturated heterocycles. The first-order valence-corrected chi connectivity index (χ1v) is 10.6. The van der Waals surface area contributed by atoms with E-state index in [1.165, 1.54) is 43.6 Å². The summed E-state index contributed by atoms with van der Waals surface area (Å²) in [6, 6.07) is 12.5. The second-order valence-corrected chi connectivity index (χ2v) is 7.81. The van der Waals surface area contributed by atoms with Crippen LogP contribution in [-0.2, 0) is 0 Å². The Bertz CT molecular complexity index is 1020. The van der Waals surface area contributed by atoms with E-state index < -0.39 is 0 Å². The van der Waals surface area contributed by atoms with Gasteiger partial charge in [-0.1, -0.05) is 0 Å². The van der Waals surface area contributed by atoms with Crippen LogP contribution in [0, 0.1) is 6.92 Å². The summed E-state index contributed by atoms with van der Waals surface area (Å²) < 4.78 is 10.2. The number of pyridine rings is 1. The fraction of sp³-hybridized carbons (Fsp3) is 0.320. The number of amides is 1. The maximum atomic E-state index is 12.0. The number of aryl methyl sites for hydroxylation is 1. The number of nitrogens with zero attached hydrogens (tertiary/aromatic N) is 2. The van der Waals surface area contributed by atoms with Crippen LogP contribution in [0.4, 0.5) is 5.88 Å². The Balaban J connectivity index is 0.000000193. The van der Waals surface area contributed by atoms with Crippen molar-refractivity contribution in [2.75, 3.05) is 32.6 Å². The van der Waals surface area contributed by atoms with Crippen molar-refractivity contribution in [3.63, 3.8) is 0 Å². The molecule has 1 aliphatic heterocycles. The SMILES string of the molecule is CN1CCC(c2ccncc2)CC1.COc1ccc(C(=O)Nc2ccc(C=O)o2)c(C)c1. The van der Waals surface area contributed by atoms with Crippen molar-refractivity contribution in [1.82, 2.24) is 9.88 Å². The van der Waals surface area contributed by atoms with Crippen LogP contribution in [0.2, 0.25) is 0 Å². The first-order valence-electron chi connectivity index (χ1n) is 10.6. The number of likely N-dealkylation sites (tertiary alicyclic amines) is 1. The van der Waals surface area contributed by atoms with Crippen molar-refractivity contribution in [3.05, 3.63) is 77.3 Å². The number of nitrogens with one attached hydrogen (secondary N) is 1. The highest BCUT2D eigenvalue weighted by atomic mass is 16.5. The molecule has 32 heavy (non-hydrogen) atoms. The van der Waals surface area contributed by atoms with Crippen LogP contribution in [0.3, 0.4) is 0 Å². The standard InChI is InChI=1S/C14H13NO4.C11H16N2/c1-9-7-10(18-2)3-5-12(9)14(17)15-13-6-4-11(8-16)19-13;1-13-8-4-11(5-9-13)10-2-6-12-7-3-10/h3-8H,1-2H3,(H,15,17);2-3,6-7,11H,4-5,8-9H2,1H3. The van der Waals surface area contributed by atoms with Gasteiger partial charge >= 0.3 is 0 Å². The van der Waals surface area contributed by atoms with E-state index in [1.807, 2.05) is 19.3 Å². The van der Waals surface area contributed by atoms with Gasteiger partial charge in [-0.15, -0.1) is 0 Å². The van der Waals surface area contributed by atoms with Gasteiger partial charge in [-0.3, -0.25) is 19.9 Å². The molecule has 7 heteroatoms. The number of rotatable bonds is 5. The first kappa shape index (κ1) is 23.2. The number of carbonyl (C=O) groups excluding carboxylic acids is 2. The zero-order valence-corrected chi connectivity index (χ0v) is 18.7. The molecule has 2 aromatic heterocycles. The second kappa shape index (κ2) is 11.2. The normalized spacial score (nSPS) is 14.2. The van der Waals surface area contributed by atoms with Gasteiger partial charge in [0.25, 0.3) is 5.91 Å². The predicted octanol–water partition coefficient (Wildman–Crippen LogP) is 4.55. The van der Waals surface area contributed by atoms with Gasteiger partial charge in [-0.05, 0) is 93.3 Å².